The minimum atomic E-state index is 0.416. The summed E-state index contributed by atoms with van der Waals surface area (Å²) in [5.41, 5.74) is 2.14. The molecule has 2 rings (SSSR count). The molecule has 1 N–H and O–H groups in total. The molecule has 0 saturated heterocycles. The molecule has 2 aromatic carbocycles. The van der Waals surface area contributed by atoms with E-state index in [1.54, 1.807) is 7.11 Å². The topological polar surface area (TPSA) is 33.7 Å². The quantitative estimate of drug-likeness (QED) is 0.530. The molecule has 0 aliphatic rings. The van der Waals surface area contributed by atoms with E-state index in [2.05, 4.69) is 30.1 Å². The van der Waals surface area contributed by atoms with Gasteiger partial charge in [0.1, 0.15) is 6.61 Å². The normalized spacial score (nSPS) is 11.0. The molecule has 0 bridgehead atoms. The van der Waals surface area contributed by atoms with Gasteiger partial charge in [0.15, 0.2) is 11.5 Å². The van der Waals surface area contributed by atoms with Crippen molar-refractivity contribution in [3.8, 4) is 11.5 Å². The lowest BCUT2D eigenvalue weighted by atomic mass is 10.2. The fraction of sp³-hybridized carbons (Fsp3) is 0.455. The Morgan fingerprint density at radius 3 is 2.52 bits per heavy atom. The van der Waals surface area contributed by atoms with E-state index in [9.17, 15) is 0 Å². The van der Waals surface area contributed by atoms with Crippen molar-refractivity contribution in [1.82, 2.24) is 10.2 Å². The van der Waals surface area contributed by atoms with E-state index in [1.165, 1.54) is 5.56 Å². The van der Waals surface area contributed by atoms with Gasteiger partial charge in [0, 0.05) is 17.1 Å². The summed E-state index contributed by atoms with van der Waals surface area (Å²) in [6.45, 7) is 10.0. The Balaban J connectivity index is 1.83. The Kier molecular flexibility index (Phi) is 9.46. The van der Waals surface area contributed by atoms with E-state index in [0.29, 0.717) is 11.6 Å². The molecule has 4 nitrogen and oxygen atoms in total. The monoisotopic (exact) mass is 390 g/mol. The Labute approximate surface area is 168 Å². The summed E-state index contributed by atoms with van der Waals surface area (Å²) in [5.74, 6) is 1.46. The van der Waals surface area contributed by atoms with E-state index in [4.69, 9.17) is 21.1 Å². The first kappa shape index (κ1) is 21.5. The van der Waals surface area contributed by atoms with Crippen molar-refractivity contribution in [1.29, 1.82) is 0 Å². The van der Waals surface area contributed by atoms with Crippen LogP contribution in [0.1, 0.15) is 31.4 Å². The summed E-state index contributed by atoms with van der Waals surface area (Å²) in [6, 6.07) is 13.8. The lowest BCUT2D eigenvalue weighted by Gasteiger charge is -2.17. The van der Waals surface area contributed by atoms with Crippen molar-refractivity contribution in [3.63, 3.8) is 0 Å². The van der Waals surface area contributed by atoms with Gasteiger partial charge in [-0.15, -0.1) is 0 Å². The molecule has 5 heteroatoms. The largest absolute Gasteiger partial charge is 0.493 e. The number of nitrogens with zero attached hydrogens (tertiary/aromatic N) is 1. The molecule has 0 aromatic heterocycles. The second kappa shape index (κ2) is 11.9. The minimum absolute atomic E-state index is 0.416. The van der Waals surface area contributed by atoms with Gasteiger partial charge in [-0.1, -0.05) is 49.7 Å². The minimum Gasteiger partial charge on any atom is -0.493 e. The van der Waals surface area contributed by atoms with Crippen molar-refractivity contribution >= 4 is 11.6 Å². The van der Waals surface area contributed by atoms with Crippen LogP contribution in [-0.2, 0) is 13.2 Å². The Bertz CT molecular complexity index is 690. The second-order valence-electron chi connectivity index (χ2n) is 6.42. The van der Waals surface area contributed by atoms with Gasteiger partial charge in [0.05, 0.1) is 7.11 Å². The number of hydrogen-bond donors (Lipinski definition) is 1. The van der Waals surface area contributed by atoms with Crippen molar-refractivity contribution in [2.75, 3.05) is 33.3 Å². The number of benzene rings is 2. The smallest absolute Gasteiger partial charge is 0.161 e. The van der Waals surface area contributed by atoms with E-state index in [0.717, 1.165) is 56.2 Å². The number of nitrogens with one attached hydrogen (secondary N) is 1. The Hall–Kier alpha value is -1.75. The predicted octanol–water partition coefficient (Wildman–Crippen LogP) is 4.75. The molecule has 0 atom stereocenters. The lowest BCUT2D eigenvalue weighted by Crippen LogP contribution is -2.27. The lowest BCUT2D eigenvalue weighted by molar-refractivity contribution is 0.284. The van der Waals surface area contributed by atoms with E-state index in [-0.39, 0.29) is 0 Å². The van der Waals surface area contributed by atoms with E-state index < -0.39 is 0 Å². The summed E-state index contributed by atoms with van der Waals surface area (Å²) >= 11 is 6.19. The predicted molar refractivity (Wildman–Crippen MR) is 113 cm³/mol. The average Bonchev–Trinajstić information content (AvgIpc) is 2.70. The second-order valence-corrected chi connectivity index (χ2v) is 6.83. The van der Waals surface area contributed by atoms with Crippen molar-refractivity contribution < 1.29 is 9.47 Å². The maximum absolute atomic E-state index is 6.19. The third kappa shape index (κ3) is 7.06. The highest BCUT2D eigenvalue weighted by Crippen LogP contribution is 2.29. The van der Waals surface area contributed by atoms with Crippen molar-refractivity contribution in [2.45, 2.75) is 33.4 Å². The zero-order valence-electron chi connectivity index (χ0n) is 16.6. The molecule has 0 unspecified atom stereocenters. The van der Waals surface area contributed by atoms with Crippen LogP contribution in [0.3, 0.4) is 0 Å². The Morgan fingerprint density at radius 2 is 1.81 bits per heavy atom. The van der Waals surface area contributed by atoms with Gasteiger partial charge in [-0.25, -0.2) is 0 Å². The van der Waals surface area contributed by atoms with Gasteiger partial charge >= 0.3 is 0 Å². The fourth-order valence-electron chi connectivity index (χ4n) is 2.91. The third-order valence-electron chi connectivity index (χ3n) is 4.62. The molecule has 0 aliphatic heterocycles. The van der Waals surface area contributed by atoms with Crippen LogP contribution in [0.4, 0.5) is 0 Å². The van der Waals surface area contributed by atoms with Crippen LogP contribution in [0, 0.1) is 0 Å². The van der Waals surface area contributed by atoms with Crippen LogP contribution in [0.2, 0.25) is 5.02 Å². The van der Waals surface area contributed by atoms with Crippen LogP contribution in [0.25, 0.3) is 0 Å². The Morgan fingerprint density at radius 1 is 1.04 bits per heavy atom. The van der Waals surface area contributed by atoms with Gasteiger partial charge in [-0.3, -0.25) is 0 Å². The van der Waals surface area contributed by atoms with Crippen molar-refractivity contribution in [2.24, 2.45) is 0 Å². The van der Waals surface area contributed by atoms with Gasteiger partial charge in [-0.05, 0) is 56.4 Å². The number of rotatable bonds is 12. The summed E-state index contributed by atoms with van der Waals surface area (Å²) in [6.07, 6.45) is 1.15. The first-order chi connectivity index (χ1) is 13.2. The molecule has 0 heterocycles. The third-order valence-corrected chi connectivity index (χ3v) is 4.99. The molecule has 2 aromatic rings. The van der Waals surface area contributed by atoms with Crippen molar-refractivity contribution in [3.05, 3.63) is 58.6 Å². The number of methoxy groups -OCH3 is 1. The zero-order chi connectivity index (χ0) is 19.5. The number of ether oxygens (including phenoxy) is 2. The van der Waals surface area contributed by atoms with Crippen LogP contribution >= 0.6 is 11.6 Å². The van der Waals surface area contributed by atoms with Crippen LogP contribution in [0.5, 0.6) is 11.5 Å². The number of hydrogen-bond acceptors (Lipinski definition) is 4. The van der Waals surface area contributed by atoms with Gasteiger partial charge in [-0.2, -0.15) is 0 Å². The summed E-state index contributed by atoms with van der Waals surface area (Å²) < 4.78 is 11.4. The first-order valence-corrected chi connectivity index (χ1v) is 10.0. The maximum atomic E-state index is 6.19. The van der Waals surface area contributed by atoms with Crippen LogP contribution < -0.4 is 14.8 Å². The highest BCUT2D eigenvalue weighted by molar-refractivity contribution is 6.31. The van der Waals surface area contributed by atoms with E-state index >= 15 is 0 Å². The average molecular weight is 391 g/mol. The van der Waals surface area contributed by atoms with Gasteiger partial charge < -0.3 is 19.7 Å². The molecule has 27 heavy (non-hydrogen) atoms. The molecule has 0 spiro atoms. The van der Waals surface area contributed by atoms with Crippen LogP contribution in [-0.4, -0.2) is 38.2 Å². The highest BCUT2D eigenvalue weighted by atomic mass is 35.5. The van der Waals surface area contributed by atoms with Crippen LogP contribution in [0.15, 0.2) is 42.5 Å². The molecule has 0 amide bonds. The van der Waals surface area contributed by atoms with Gasteiger partial charge in [0.2, 0.25) is 0 Å². The summed E-state index contributed by atoms with van der Waals surface area (Å²) in [5, 5.41) is 4.21. The zero-order valence-corrected chi connectivity index (χ0v) is 17.4. The highest BCUT2D eigenvalue weighted by Gasteiger charge is 2.08. The summed E-state index contributed by atoms with van der Waals surface area (Å²) in [4.78, 5) is 2.44. The first-order valence-electron chi connectivity index (χ1n) is 9.64. The molecule has 148 valence electrons. The number of halogens is 1. The molecular weight excluding hydrogens is 360 g/mol. The molecule has 0 fully saturated rings. The maximum Gasteiger partial charge on any atom is 0.161 e. The SMILES string of the molecule is CCN(CC)CCCNCc1ccc(OCc2ccccc2Cl)c(OC)c1. The van der Waals surface area contributed by atoms with E-state index in [1.807, 2.05) is 36.4 Å². The molecule has 0 radical (unpaired) electrons. The van der Waals surface area contributed by atoms with Gasteiger partial charge in [0.25, 0.3) is 0 Å². The standard InChI is InChI=1S/C22H31ClN2O2/c1-4-25(5-2)14-8-13-24-16-18-11-12-21(22(15-18)26-3)27-17-19-9-6-7-10-20(19)23/h6-7,9-12,15,24H,4-5,8,13-14,16-17H2,1-3H3. The summed E-state index contributed by atoms with van der Waals surface area (Å²) in [7, 11) is 1.67. The molecular formula is C22H31ClN2O2. The molecule has 0 saturated carbocycles. The molecule has 0 aliphatic carbocycles. The fourth-order valence-corrected chi connectivity index (χ4v) is 3.10.